The first kappa shape index (κ1) is 11.4. The van der Waals surface area contributed by atoms with Crippen molar-refractivity contribution in [1.82, 2.24) is 5.32 Å². The van der Waals surface area contributed by atoms with Crippen LogP contribution in [0, 0.1) is 0 Å². The van der Waals surface area contributed by atoms with Crippen molar-refractivity contribution >= 4 is 5.57 Å². The fourth-order valence-corrected chi connectivity index (χ4v) is 1.97. The van der Waals surface area contributed by atoms with Crippen LogP contribution >= 0.6 is 0 Å². The van der Waals surface area contributed by atoms with E-state index < -0.39 is 0 Å². The van der Waals surface area contributed by atoms with Crippen molar-refractivity contribution < 1.29 is 4.74 Å². The van der Waals surface area contributed by atoms with Crippen LogP contribution in [0.4, 0.5) is 0 Å². The molecule has 0 spiro atoms. The zero-order chi connectivity index (χ0) is 11.2. The lowest BCUT2D eigenvalue weighted by Crippen LogP contribution is -2.27. The third-order valence-corrected chi connectivity index (χ3v) is 2.92. The molecule has 1 aliphatic rings. The molecule has 2 nitrogen and oxygen atoms in total. The van der Waals surface area contributed by atoms with E-state index in [0.29, 0.717) is 6.10 Å². The summed E-state index contributed by atoms with van der Waals surface area (Å²) in [5.41, 5.74) is 2.35. The SMILES string of the molecule is C=C(CNCC1CCCO1)c1ccccc1. The molecule has 1 aromatic carbocycles. The minimum absolute atomic E-state index is 0.406. The van der Waals surface area contributed by atoms with E-state index >= 15 is 0 Å². The second-order valence-corrected chi connectivity index (χ2v) is 4.24. The summed E-state index contributed by atoms with van der Waals surface area (Å²) >= 11 is 0. The van der Waals surface area contributed by atoms with Crippen LogP contribution in [0.25, 0.3) is 5.57 Å². The predicted octanol–water partition coefficient (Wildman–Crippen LogP) is 2.47. The molecule has 0 aromatic heterocycles. The van der Waals surface area contributed by atoms with Gasteiger partial charge in [-0.1, -0.05) is 36.9 Å². The summed E-state index contributed by atoms with van der Waals surface area (Å²) < 4.78 is 5.55. The largest absolute Gasteiger partial charge is 0.377 e. The fourth-order valence-electron chi connectivity index (χ4n) is 1.97. The van der Waals surface area contributed by atoms with Crippen LogP contribution in [0.3, 0.4) is 0 Å². The molecule has 16 heavy (non-hydrogen) atoms. The van der Waals surface area contributed by atoms with Crippen molar-refractivity contribution in [3.63, 3.8) is 0 Å². The zero-order valence-corrected chi connectivity index (χ0v) is 9.61. The highest BCUT2D eigenvalue weighted by molar-refractivity contribution is 5.64. The summed E-state index contributed by atoms with van der Waals surface area (Å²) in [6.45, 7) is 6.78. The average molecular weight is 217 g/mol. The Morgan fingerprint density at radius 1 is 1.38 bits per heavy atom. The van der Waals surface area contributed by atoms with Gasteiger partial charge in [0.25, 0.3) is 0 Å². The highest BCUT2D eigenvalue weighted by Crippen LogP contribution is 2.12. The monoisotopic (exact) mass is 217 g/mol. The third kappa shape index (κ3) is 3.19. The smallest absolute Gasteiger partial charge is 0.0700 e. The van der Waals surface area contributed by atoms with Crippen LogP contribution in [0.2, 0.25) is 0 Å². The number of hydrogen-bond donors (Lipinski definition) is 1. The van der Waals surface area contributed by atoms with Crippen molar-refractivity contribution in [1.29, 1.82) is 0 Å². The molecular formula is C14H19NO. The Morgan fingerprint density at radius 3 is 2.88 bits per heavy atom. The minimum atomic E-state index is 0.406. The van der Waals surface area contributed by atoms with E-state index in [9.17, 15) is 0 Å². The predicted molar refractivity (Wildman–Crippen MR) is 67.3 cm³/mol. The highest BCUT2D eigenvalue weighted by atomic mass is 16.5. The molecule has 2 heteroatoms. The Kier molecular flexibility index (Phi) is 4.14. The van der Waals surface area contributed by atoms with Gasteiger partial charge in [0.05, 0.1) is 6.10 Å². The summed E-state index contributed by atoms with van der Waals surface area (Å²) in [7, 11) is 0. The topological polar surface area (TPSA) is 21.3 Å². The molecule has 0 amide bonds. The lowest BCUT2D eigenvalue weighted by atomic mass is 10.1. The van der Waals surface area contributed by atoms with Crippen LogP contribution in [0.15, 0.2) is 36.9 Å². The molecule has 1 N–H and O–H groups in total. The molecule has 0 aliphatic carbocycles. The summed E-state index contributed by atoms with van der Waals surface area (Å²) in [4.78, 5) is 0. The van der Waals surface area contributed by atoms with Gasteiger partial charge in [0.2, 0.25) is 0 Å². The van der Waals surface area contributed by atoms with Gasteiger partial charge in [0.15, 0.2) is 0 Å². The van der Waals surface area contributed by atoms with Crippen LogP contribution < -0.4 is 5.32 Å². The molecule has 1 saturated heterocycles. The van der Waals surface area contributed by atoms with E-state index in [0.717, 1.165) is 25.3 Å². The molecule has 0 saturated carbocycles. The van der Waals surface area contributed by atoms with Gasteiger partial charge >= 0.3 is 0 Å². The number of hydrogen-bond acceptors (Lipinski definition) is 2. The van der Waals surface area contributed by atoms with Crippen molar-refractivity contribution in [2.45, 2.75) is 18.9 Å². The Labute approximate surface area is 97.3 Å². The molecule has 1 atom stereocenters. The van der Waals surface area contributed by atoms with E-state index in [1.807, 2.05) is 18.2 Å². The first-order valence-corrected chi connectivity index (χ1v) is 5.92. The summed E-state index contributed by atoms with van der Waals surface area (Å²) in [6.07, 6.45) is 2.79. The summed E-state index contributed by atoms with van der Waals surface area (Å²) in [5, 5.41) is 3.40. The summed E-state index contributed by atoms with van der Waals surface area (Å²) in [5.74, 6) is 0. The molecule has 1 unspecified atom stereocenters. The Morgan fingerprint density at radius 2 is 2.19 bits per heavy atom. The van der Waals surface area contributed by atoms with E-state index in [1.54, 1.807) is 0 Å². The maximum absolute atomic E-state index is 5.55. The molecule has 1 fully saturated rings. The Hall–Kier alpha value is -1.12. The lowest BCUT2D eigenvalue weighted by Gasteiger charge is -2.12. The van der Waals surface area contributed by atoms with Crippen LogP contribution in [0.5, 0.6) is 0 Å². The van der Waals surface area contributed by atoms with Crippen molar-refractivity contribution in [2.24, 2.45) is 0 Å². The number of nitrogens with one attached hydrogen (secondary N) is 1. The molecule has 1 aromatic rings. The second-order valence-electron chi connectivity index (χ2n) is 4.24. The number of rotatable bonds is 5. The molecule has 86 valence electrons. The van der Waals surface area contributed by atoms with Crippen molar-refractivity contribution in [3.8, 4) is 0 Å². The minimum Gasteiger partial charge on any atom is -0.377 e. The van der Waals surface area contributed by atoms with Crippen LogP contribution in [-0.4, -0.2) is 25.8 Å². The van der Waals surface area contributed by atoms with E-state index in [-0.39, 0.29) is 0 Å². The van der Waals surface area contributed by atoms with Crippen molar-refractivity contribution in [2.75, 3.05) is 19.7 Å². The molecule has 1 aliphatic heterocycles. The standard InChI is InChI=1S/C14H19NO/c1-12(13-6-3-2-4-7-13)10-15-11-14-8-5-9-16-14/h2-4,6-7,14-15H,1,5,8-11H2. The number of benzene rings is 1. The molecule has 1 heterocycles. The Bertz CT molecular complexity index is 328. The first-order chi connectivity index (χ1) is 7.86. The highest BCUT2D eigenvalue weighted by Gasteiger charge is 2.14. The Balaban J connectivity index is 1.71. The summed E-state index contributed by atoms with van der Waals surface area (Å²) in [6, 6.07) is 10.3. The zero-order valence-electron chi connectivity index (χ0n) is 9.61. The molecule has 2 rings (SSSR count). The maximum atomic E-state index is 5.55. The average Bonchev–Trinajstić information content (AvgIpc) is 2.83. The van der Waals surface area contributed by atoms with Gasteiger partial charge in [-0.25, -0.2) is 0 Å². The van der Waals surface area contributed by atoms with Gasteiger partial charge in [0, 0.05) is 19.7 Å². The molecule has 0 radical (unpaired) electrons. The van der Waals surface area contributed by atoms with E-state index in [4.69, 9.17) is 4.74 Å². The molecule has 0 bridgehead atoms. The van der Waals surface area contributed by atoms with Gasteiger partial charge in [-0.3, -0.25) is 0 Å². The normalized spacial score (nSPS) is 19.9. The second kappa shape index (κ2) is 5.83. The van der Waals surface area contributed by atoms with Crippen LogP contribution in [-0.2, 0) is 4.74 Å². The first-order valence-electron chi connectivity index (χ1n) is 5.92. The molecular weight excluding hydrogens is 198 g/mol. The van der Waals surface area contributed by atoms with Gasteiger partial charge in [-0.05, 0) is 24.0 Å². The van der Waals surface area contributed by atoms with Crippen LogP contribution in [0.1, 0.15) is 18.4 Å². The van der Waals surface area contributed by atoms with E-state index in [2.05, 4.69) is 24.0 Å². The lowest BCUT2D eigenvalue weighted by molar-refractivity contribution is 0.111. The van der Waals surface area contributed by atoms with E-state index in [1.165, 1.54) is 18.4 Å². The quantitative estimate of drug-likeness (QED) is 0.818. The van der Waals surface area contributed by atoms with Gasteiger partial charge in [-0.2, -0.15) is 0 Å². The third-order valence-electron chi connectivity index (χ3n) is 2.92. The number of ether oxygens (including phenoxy) is 1. The van der Waals surface area contributed by atoms with Gasteiger partial charge in [0.1, 0.15) is 0 Å². The fraction of sp³-hybridized carbons (Fsp3) is 0.429. The van der Waals surface area contributed by atoms with Crippen molar-refractivity contribution in [3.05, 3.63) is 42.5 Å². The van der Waals surface area contributed by atoms with Gasteiger partial charge in [-0.15, -0.1) is 0 Å². The maximum Gasteiger partial charge on any atom is 0.0700 e. The van der Waals surface area contributed by atoms with Gasteiger partial charge < -0.3 is 10.1 Å².